The third kappa shape index (κ3) is 6.46. The summed E-state index contributed by atoms with van der Waals surface area (Å²) in [5.74, 6) is 0.119. The Morgan fingerprint density at radius 3 is 2.29 bits per heavy atom. The number of para-hydroxylation sites is 1. The number of carbonyl (C=O) groups is 1. The summed E-state index contributed by atoms with van der Waals surface area (Å²) in [6.45, 7) is 8.73. The third-order valence-corrected chi connectivity index (χ3v) is 3.34. The molecule has 4 nitrogen and oxygen atoms in total. The molecular weight excluding hydrogens is 286 g/mol. The monoisotopic (exact) mass is 313 g/mol. The predicted octanol–water partition coefficient (Wildman–Crippen LogP) is 2.38. The Balaban J connectivity index is 0.00000400. The summed E-state index contributed by atoms with van der Waals surface area (Å²) in [4.78, 5) is 16.3. The largest absolute Gasteiger partial charge is 0.330 e. The molecule has 1 aromatic carbocycles. The van der Waals surface area contributed by atoms with Gasteiger partial charge in [0.1, 0.15) is 0 Å². The van der Waals surface area contributed by atoms with E-state index >= 15 is 0 Å². The molecule has 0 radical (unpaired) electrons. The van der Waals surface area contributed by atoms with Gasteiger partial charge in [-0.1, -0.05) is 32.0 Å². The average molecular weight is 314 g/mol. The Labute approximate surface area is 134 Å². The van der Waals surface area contributed by atoms with Gasteiger partial charge in [-0.05, 0) is 38.1 Å². The number of benzene rings is 1. The number of carbonyl (C=O) groups excluding carboxylic acids is 1. The lowest BCUT2D eigenvalue weighted by molar-refractivity contribution is -0.119. The van der Waals surface area contributed by atoms with Crippen LogP contribution in [0.1, 0.15) is 20.8 Å². The van der Waals surface area contributed by atoms with Gasteiger partial charge in [-0.3, -0.25) is 9.69 Å². The molecule has 1 amide bonds. The summed E-state index contributed by atoms with van der Waals surface area (Å²) in [5.41, 5.74) is 6.72. The van der Waals surface area contributed by atoms with Crippen LogP contribution in [0.3, 0.4) is 0 Å². The van der Waals surface area contributed by atoms with E-state index in [1.807, 2.05) is 54.1 Å². The zero-order valence-electron chi connectivity index (χ0n) is 13.5. The van der Waals surface area contributed by atoms with E-state index in [9.17, 15) is 4.79 Å². The number of halogens is 1. The summed E-state index contributed by atoms with van der Waals surface area (Å²) in [6, 6.07) is 9.78. The van der Waals surface area contributed by atoms with Crippen molar-refractivity contribution >= 4 is 24.0 Å². The van der Waals surface area contributed by atoms with Crippen LogP contribution in [0.5, 0.6) is 0 Å². The van der Waals surface area contributed by atoms with Crippen LogP contribution in [0.4, 0.5) is 5.69 Å². The van der Waals surface area contributed by atoms with Gasteiger partial charge in [0, 0.05) is 18.8 Å². The summed E-state index contributed by atoms with van der Waals surface area (Å²) in [7, 11) is 1.97. The molecule has 0 aliphatic heterocycles. The van der Waals surface area contributed by atoms with Crippen molar-refractivity contribution in [3.63, 3.8) is 0 Å². The Morgan fingerprint density at radius 1 is 1.24 bits per heavy atom. The number of anilines is 1. The van der Waals surface area contributed by atoms with Gasteiger partial charge in [0.2, 0.25) is 5.91 Å². The predicted molar refractivity (Wildman–Crippen MR) is 92.0 cm³/mol. The molecular formula is C16H28ClN3O. The second kappa shape index (κ2) is 9.03. The molecule has 21 heavy (non-hydrogen) atoms. The fourth-order valence-electron chi connectivity index (χ4n) is 2.28. The number of nitrogens with zero attached hydrogens (tertiary/aromatic N) is 2. The van der Waals surface area contributed by atoms with Crippen molar-refractivity contribution < 1.29 is 4.79 Å². The topological polar surface area (TPSA) is 49.6 Å². The van der Waals surface area contributed by atoms with Gasteiger partial charge in [0.05, 0.1) is 6.54 Å². The van der Waals surface area contributed by atoms with Crippen LogP contribution in [0.15, 0.2) is 30.3 Å². The number of nitrogens with two attached hydrogens (primary N) is 1. The third-order valence-electron chi connectivity index (χ3n) is 3.34. The van der Waals surface area contributed by atoms with Crippen molar-refractivity contribution in [1.82, 2.24) is 4.90 Å². The summed E-state index contributed by atoms with van der Waals surface area (Å²) < 4.78 is 0. The van der Waals surface area contributed by atoms with Crippen LogP contribution >= 0.6 is 12.4 Å². The normalized spacial score (nSPS) is 11.1. The van der Waals surface area contributed by atoms with E-state index in [4.69, 9.17) is 5.73 Å². The van der Waals surface area contributed by atoms with E-state index in [1.54, 1.807) is 0 Å². The smallest absolute Gasteiger partial charge is 0.241 e. The first-order chi connectivity index (χ1) is 9.39. The fourth-order valence-corrected chi connectivity index (χ4v) is 2.28. The second-order valence-corrected chi connectivity index (χ2v) is 6.01. The first-order valence-corrected chi connectivity index (χ1v) is 7.13. The van der Waals surface area contributed by atoms with Crippen molar-refractivity contribution in [3.8, 4) is 0 Å². The quantitative estimate of drug-likeness (QED) is 0.841. The first kappa shape index (κ1) is 19.9. The Bertz CT molecular complexity index is 423. The molecule has 120 valence electrons. The summed E-state index contributed by atoms with van der Waals surface area (Å²) in [6.07, 6.45) is 0. The molecule has 2 N–H and O–H groups in total. The van der Waals surface area contributed by atoms with Gasteiger partial charge in [-0.25, -0.2) is 0 Å². The lowest BCUT2D eigenvalue weighted by Gasteiger charge is -2.30. The van der Waals surface area contributed by atoms with E-state index in [1.165, 1.54) is 0 Å². The van der Waals surface area contributed by atoms with Crippen molar-refractivity contribution in [2.75, 3.05) is 38.1 Å². The maximum Gasteiger partial charge on any atom is 0.241 e. The maximum absolute atomic E-state index is 12.4. The minimum Gasteiger partial charge on any atom is -0.330 e. The maximum atomic E-state index is 12.4. The number of likely N-dealkylation sites (N-methyl/N-ethyl adjacent to an activating group) is 2. The molecule has 5 heteroatoms. The first-order valence-electron chi connectivity index (χ1n) is 7.13. The molecule has 0 aliphatic carbocycles. The highest BCUT2D eigenvalue weighted by molar-refractivity contribution is 5.94. The highest BCUT2D eigenvalue weighted by atomic mass is 35.5. The molecule has 1 rings (SSSR count). The van der Waals surface area contributed by atoms with Crippen molar-refractivity contribution in [3.05, 3.63) is 30.3 Å². The zero-order valence-corrected chi connectivity index (χ0v) is 14.3. The van der Waals surface area contributed by atoms with Crippen molar-refractivity contribution in [2.45, 2.75) is 20.8 Å². The molecule has 0 aromatic heterocycles. The van der Waals surface area contributed by atoms with E-state index < -0.39 is 0 Å². The molecule has 0 unspecified atom stereocenters. The summed E-state index contributed by atoms with van der Waals surface area (Å²) >= 11 is 0. The number of amides is 1. The highest BCUT2D eigenvalue weighted by Crippen LogP contribution is 2.16. The Kier molecular flexibility index (Phi) is 8.55. The van der Waals surface area contributed by atoms with Crippen molar-refractivity contribution in [1.29, 1.82) is 0 Å². The van der Waals surface area contributed by atoms with Crippen LogP contribution in [-0.4, -0.2) is 44.0 Å². The zero-order chi connectivity index (χ0) is 15.2. The van der Waals surface area contributed by atoms with E-state index in [0.717, 1.165) is 12.2 Å². The molecule has 0 heterocycles. The molecule has 0 fully saturated rings. The van der Waals surface area contributed by atoms with Gasteiger partial charge in [0.15, 0.2) is 0 Å². The fraction of sp³-hybridized carbons (Fsp3) is 0.562. The molecule has 0 saturated heterocycles. The minimum absolute atomic E-state index is 0. The van der Waals surface area contributed by atoms with Crippen molar-refractivity contribution in [2.24, 2.45) is 11.1 Å². The van der Waals surface area contributed by atoms with E-state index in [0.29, 0.717) is 19.6 Å². The van der Waals surface area contributed by atoms with Gasteiger partial charge in [-0.2, -0.15) is 0 Å². The van der Waals surface area contributed by atoms with E-state index in [-0.39, 0.29) is 23.7 Å². The van der Waals surface area contributed by atoms with Gasteiger partial charge >= 0.3 is 0 Å². The minimum atomic E-state index is 0. The molecule has 0 bridgehead atoms. The van der Waals surface area contributed by atoms with Gasteiger partial charge in [0.25, 0.3) is 0 Å². The van der Waals surface area contributed by atoms with Gasteiger partial charge in [-0.15, -0.1) is 12.4 Å². The van der Waals surface area contributed by atoms with Crippen LogP contribution in [0, 0.1) is 5.41 Å². The summed E-state index contributed by atoms with van der Waals surface area (Å²) in [5, 5.41) is 0. The van der Waals surface area contributed by atoms with Crippen LogP contribution < -0.4 is 10.6 Å². The number of rotatable bonds is 7. The molecule has 1 aromatic rings. The molecule has 0 spiro atoms. The number of hydrogen-bond donors (Lipinski definition) is 1. The van der Waals surface area contributed by atoms with Crippen LogP contribution in [0.25, 0.3) is 0 Å². The second-order valence-electron chi connectivity index (χ2n) is 6.01. The van der Waals surface area contributed by atoms with E-state index in [2.05, 4.69) is 13.8 Å². The average Bonchev–Trinajstić information content (AvgIpc) is 2.40. The Hall–Kier alpha value is -1.10. The highest BCUT2D eigenvalue weighted by Gasteiger charge is 2.21. The van der Waals surface area contributed by atoms with Crippen LogP contribution in [0.2, 0.25) is 0 Å². The molecule has 0 aliphatic rings. The lowest BCUT2D eigenvalue weighted by Crippen LogP contribution is -2.43. The SMILES string of the molecule is CCN(C(=O)CN(C)CC(C)(C)CN)c1ccccc1.Cl. The number of hydrogen-bond acceptors (Lipinski definition) is 3. The standard InChI is InChI=1S/C16H27N3O.ClH/c1-5-19(14-9-7-6-8-10-14)15(20)11-18(4)13-16(2,3)12-17;/h6-10H,5,11-13,17H2,1-4H3;1H. The molecule has 0 atom stereocenters. The Morgan fingerprint density at radius 2 is 1.81 bits per heavy atom. The lowest BCUT2D eigenvalue weighted by atomic mass is 9.93. The molecule has 0 saturated carbocycles. The van der Waals surface area contributed by atoms with Gasteiger partial charge < -0.3 is 10.6 Å². The van der Waals surface area contributed by atoms with Crippen LogP contribution in [-0.2, 0) is 4.79 Å².